The fraction of sp³-hybridized carbons (Fsp3) is 0.125. The SMILES string of the molecule is COc1ccc(-c2oc3ccc(C)cc3c(=O)c2OCc2ccc(F)cc2)cc1. The van der Waals surface area contributed by atoms with Crippen LogP contribution in [0.2, 0.25) is 0 Å². The van der Waals surface area contributed by atoms with Crippen LogP contribution in [0.5, 0.6) is 11.5 Å². The van der Waals surface area contributed by atoms with Crippen LogP contribution in [0.25, 0.3) is 22.3 Å². The third-order valence-corrected chi connectivity index (χ3v) is 4.65. The van der Waals surface area contributed by atoms with Crippen LogP contribution in [-0.2, 0) is 6.61 Å². The maximum Gasteiger partial charge on any atom is 0.235 e. The summed E-state index contributed by atoms with van der Waals surface area (Å²) in [4.78, 5) is 13.2. The molecule has 4 nitrogen and oxygen atoms in total. The molecule has 0 unspecified atom stereocenters. The van der Waals surface area contributed by atoms with Crippen molar-refractivity contribution in [3.63, 3.8) is 0 Å². The molecule has 3 aromatic carbocycles. The highest BCUT2D eigenvalue weighted by Crippen LogP contribution is 2.32. The van der Waals surface area contributed by atoms with Gasteiger partial charge in [-0.2, -0.15) is 0 Å². The van der Waals surface area contributed by atoms with E-state index >= 15 is 0 Å². The average Bonchev–Trinajstić information content (AvgIpc) is 2.74. The summed E-state index contributed by atoms with van der Waals surface area (Å²) in [6, 6.07) is 18.6. The molecule has 0 fully saturated rings. The molecule has 0 spiro atoms. The summed E-state index contributed by atoms with van der Waals surface area (Å²) in [5, 5.41) is 0.455. The maximum atomic E-state index is 13.2. The molecular weight excluding hydrogens is 371 g/mol. The number of benzene rings is 3. The molecule has 4 aromatic rings. The van der Waals surface area contributed by atoms with E-state index in [-0.39, 0.29) is 23.6 Å². The summed E-state index contributed by atoms with van der Waals surface area (Å²) in [7, 11) is 1.59. The molecule has 0 bridgehead atoms. The number of halogens is 1. The van der Waals surface area contributed by atoms with E-state index in [0.717, 1.165) is 11.1 Å². The predicted molar refractivity (Wildman–Crippen MR) is 110 cm³/mol. The number of ether oxygens (including phenoxy) is 2. The van der Waals surface area contributed by atoms with E-state index in [4.69, 9.17) is 13.9 Å². The molecule has 0 aliphatic heterocycles. The Balaban J connectivity index is 1.82. The number of hydrogen-bond donors (Lipinski definition) is 0. The van der Waals surface area contributed by atoms with Gasteiger partial charge in [0.05, 0.1) is 12.5 Å². The third kappa shape index (κ3) is 3.85. The molecule has 1 heterocycles. The van der Waals surface area contributed by atoms with Gasteiger partial charge in [0, 0.05) is 5.56 Å². The third-order valence-electron chi connectivity index (χ3n) is 4.65. The van der Waals surface area contributed by atoms with Crippen LogP contribution < -0.4 is 14.9 Å². The molecule has 0 radical (unpaired) electrons. The first-order valence-corrected chi connectivity index (χ1v) is 9.14. The van der Waals surface area contributed by atoms with Crippen LogP contribution >= 0.6 is 0 Å². The standard InChI is InChI=1S/C24H19FO4/c1-15-3-12-21-20(13-15)22(26)24(28-14-16-4-8-18(25)9-5-16)23(29-21)17-6-10-19(27-2)11-7-17/h3-13H,14H2,1-2H3. The van der Waals surface area contributed by atoms with Gasteiger partial charge in [-0.05, 0) is 61.0 Å². The molecule has 5 heteroatoms. The Morgan fingerprint density at radius 1 is 0.966 bits per heavy atom. The predicted octanol–water partition coefficient (Wildman–Crippen LogP) is 5.50. The van der Waals surface area contributed by atoms with Gasteiger partial charge in [-0.1, -0.05) is 23.8 Å². The molecule has 1 aromatic heterocycles. The highest BCUT2D eigenvalue weighted by atomic mass is 19.1. The summed E-state index contributed by atoms with van der Waals surface area (Å²) < 4.78 is 30.3. The fourth-order valence-corrected chi connectivity index (χ4v) is 3.09. The van der Waals surface area contributed by atoms with E-state index < -0.39 is 0 Å². The monoisotopic (exact) mass is 390 g/mol. The van der Waals surface area contributed by atoms with Crippen molar-refractivity contribution in [2.24, 2.45) is 0 Å². The van der Waals surface area contributed by atoms with Crippen LogP contribution in [0, 0.1) is 12.7 Å². The van der Waals surface area contributed by atoms with Crippen LogP contribution in [0.3, 0.4) is 0 Å². The van der Waals surface area contributed by atoms with Crippen LogP contribution in [-0.4, -0.2) is 7.11 Å². The van der Waals surface area contributed by atoms with Gasteiger partial charge < -0.3 is 13.9 Å². The van der Waals surface area contributed by atoms with Crippen LogP contribution in [0.4, 0.5) is 4.39 Å². The molecule has 0 amide bonds. The van der Waals surface area contributed by atoms with E-state index in [0.29, 0.717) is 28.0 Å². The lowest BCUT2D eigenvalue weighted by Crippen LogP contribution is -2.10. The number of fused-ring (bicyclic) bond motifs is 1. The highest BCUT2D eigenvalue weighted by molar-refractivity contribution is 5.82. The van der Waals surface area contributed by atoms with Crippen molar-refractivity contribution in [3.05, 3.63) is 93.9 Å². The second-order valence-electron chi connectivity index (χ2n) is 6.73. The number of aryl methyl sites for hydroxylation is 1. The van der Waals surface area contributed by atoms with Crippen molar-refractivity contribution in [1.29, 1.82) is 0 Å². The molecule has 0 aliphatic rings. The highest BCUT2D eigenvalue weighted by Gasteiger charge is 2.18. The molecule has 146 valence electrons. The van der Waals surface area contributed by atoms with Gasteiger partial charge in [0.15, 0.2) is 5.76 Å². The van der Waals surface area contributed by atoms with Gasteiger partial charge in [-0.25, -0.2) is 4.39 Å². The topological polar surface area (TPSA) is 48.7 Å². The summed E-state index contributed by atoms with van der Waals surface area (Å²) >= 11 is 0. The van der Waals surface area contributed by atoms with Crippen molar-refractivity contribution in [2.45, 2.75) is 13.5 Å². The zero-order chi connectivity index (χ0) is 20.4. The number of hydrogen-bond acceptors (Lipinski definition) is 4. The van der Waals surface area contributed by atoms with Gasteiger partial charge in [-0.15, -0.1) is 0 Å². The van der Waals surface area contributed by atoms with Crippen LogP contribution in [0.15, 0.2) is 75.9 Å². The minimum atomic E-state index is -0.326. The number of rotatable bonds is 5. The fourth-order valence-electron chi connectivity index (χ4n) is 3.09. The van der Waals surface area contributed by atoms with Gasteiger partial charge >= 0.3 is 0 Å². The van der Waals surface area contributed by atoms with E-state index in [1.165, 1.54) is 12.1 Å². The minimum Gasteiger partial charge on any atom is -0.497 e. The molecule has 0 atom stereocenters. The largest absolute Gasteiger partial charge is 0.497 e. The summed E-state index contributed by atoms with van der Waals surface area (Å²) in [5.74, 6) is 0.836. The first-order valence-electron chi connectivity index (χ1n) is 9.14. The lowest BCUT2D eigenvalue weighted by Gasteiger charge is -2.12. The van der Waals surface area contributed by atoms with Crippen molar-refractivity contribution >= 4 is 11.0 Å². The second kappa shape index (κ2) is 7.80. The first-order chi connectivity index (χ1) is 14.0. The minimum absolute atomic E-state index is 0.117. The zero-order valence-electron chi connectivity index (χ0n) is 16.1. The lowest BCUT2D eigenvalue weighted by molar-refractivity contribution is 0.297. The quantitative estimate of drug-likeness (QED) is 0.452. The van der Waals surface area contributed by atoms with Gasteiger partial charge in [-0.3, -0.25) is 4.79 Å². The maximum absolute atomic E-state index is 13.2. The molecule has 0 N–H and O–H groups in total. The Morgan fingerprint density at radius 3 is 2.38 bits per heavy atom. The van der Waals surface area contributed by atoms with Crippen molar-refractivity contribution < 1.29 is 18.3 Å². The molecule has 0 saturated carbocycles. The van der Waals surface area contributed by atoms with Crippen LogP contribution in [0.1, 0.15) is 11.1 Å². The lowest BCUT2D eigenvalue weighted by atomic mass is 10.1. The van der Waals surface area contributed by atoms with Crippen molar-refractivity contribution in [3.8, 4) is 22.8 Å². The van der Waals surface area contributed by atoms with Gasteiger partial charge in [0.2, 0.25) is 11.2 Å². The van der Waals surface area contributed by atoms with Gasteiger partial charge in [0.1, 0.15) is 23.8 Å². The van der Waals surface area contributed by atoms with E-state index in [1.54, 1.807) is 43.5 Å². The Kier molecular flexibility index (Phi) is 5.04. The molecule has 0 saturated heterocycles. The zero-order valence-corrected chi connectivity index (χ0v) is 16.1. The Hall–Kier alpha value is -3.60. The smallest absolute Gasteiger partial charge is 0.235 e. The van der Waals surface area contributed by atoms with Crippen molar-refractivity contribution in [2.75, 3.05) is 7.11 Å². The Bertz CT molecular complexity index is 1210. The number of methoxy groups -OCH3 is 1. The molecule has 0 aliphatic carbocycles. The van der Waals surface area contributed by atoms with E-state index in [9.17, 15) is 9.18 Å². The van der Waals surface area contributed by atoms with E-state index in [2.05, 4.69) is 0 Å². The molecule has 4 rings (SSSR count). The summed E-state index contributed by atoms with van der Waals surface area (Å²) in [5.41, 5.74) is 2.63. The normalized spacial score (nSPS) is 10.9. The summed E-state index contributed by atoms with van der Waals surface area (Å²) in [6.07, 6.45) is 0. The second-order valence-corrected chi connectivity index (χ2v) is 6.73. The summed E-state index contributed by atoms with van der Waals surface area (Å²) in [6.45, 7) is 2.03. The van der Waals surface area contributed by atoms with Gasteiger partial charge in [0.25, 0.3) is 0 Å². The van der Waals surface area contributed by atoms with Crippen molar-refractivity contribution in [1.82, 2.24) is 0 Å². The Labute approximate surface area is 167 Å². The Morgan fingerprint density at radius 2 is 1.69 bits per heavy atom. The molecule has 29 heavy (non-hydrogen) atoms. The van der Waals surface area contributed by atoms with E-state index in [1.807, 2.05) is 25.1 Å². The molecular formula is C24H19FO4. The first kappa shape index (κ1) is 18.7. The average molecular weight is 390 g/mol.